The van der Waals surface area contributed by atoms with Gasteiger partial charge in [-0.05, 0) is 37.0 Å². The van der Waals surface area contributed by atoms with E-state index in [2.05, 4.69) is 34.8 Å². The van der Waals surface area contributed by atoms with E-state index in [4.69, 9.17) is 9.47 Å². The summed E-state index contributed by atoms with van der Waals surface area (Å²) in [5.74, 6) is 1.70. The maximum absolute atomic E-state index is 11.4. The van der Waals surface area contributed by atoms with Crippen molar-refractivity contribution in [1.29, 1.82) is 0 Å². The van der Waals surface area contributed by atoms with Crippen molar-refractivity contribution >= 4 is 41.5 Å². The highest BCUT2D eigenvalue weighted by Gasteiger charge is 2.13. The molecule has 0 radical (unpaired) electrons. The molecule has 1 unspecified atom stereocenters. The number of aliphatic imine (C=N–C) groups is 1. The third-order valence-electron chi connectivity index (χ3n) is 4.10. The van der Waals surface area contributed by atoms with Crippen LogP contribution in [0.2, 0.25) is 0 Å². The molecule has 1 rings (SSSR count). The van der Waals surface area contributed by atoms with Crippen molar-refractivity contribution in [2.45, 2.75) is 46.8 Å². The minimum absolute atomic E-state index is 0. The lowest BCUT2D eigenvalue weighted by Crippen LogP contribution is -2.38. The molecule has 1 atom stereocenters. The molecule has 8 heteroatoms. The Balaban J connectivity index is 0.00000729. The number of halogens is 1. The molecule has 3 N–H and O–H groups in total. The van der Waals surface area contributed by atoms with Gasteiger partial charge in [-0.15, -0.1) is 24.0 Å². The normalized spacial score (nSPS) is 12.2. The predicted molar refractivity (Wildman–Crippen MR) is 126 cm³/mol. The molecule has 28 heavy (non-hydrogen) atoms. The zero-order valence-corrected chi connectivity index (χ0v) is 20.1. The van der Waals surface area contributed by atoms with E-state index in [0.717, 1.165) is 31.1 Å². The molecule has 1 aromatic rings. The van der Waals surface area contributed by atoms with Crippen LogP contribution in [0.4, 0.5) is 5.69 Å². The highest BCUT2D eigenvalue weighted by molar-refractivity contribution is 14.0. The molecule has 0 aliphatic carbocycles. The van der Waals surface area contributed by atoms with Crippen LogP contribution in [0.15, 0.2) is 23.2 Å². The third-order valence-corrected chi connectivity index (χ3v) is 4.10. The van der Waals surface area contributed by atoms with Crippen LogP contribution >= 0.6 is 24.0 Å². The molecule has 0 spiro atoms. The molecule has 0 saturated heterocycles. The highest BCUT2D eigenvalue weighted by Crippen LogP contribution is 2.25. The van der Waals surface area contributed by atoms with E-state index in [0.29, 0.717) is 23.9 Å². The second-order valence-electron chi connectivity index (χ2n) is 6.59. The Labute approximate surface area is 186 Å². The zero-order chi connectivity index (χ0) is 20.2. The van der Waals surface area contributed by atoms with Gasteiger partial charge >= 0.3 is 0 Å². The summed E-state index contributed by atoms with van der Waals surface area (Å²) in [7, 11) is 3.32. The van der Waals surface area contributed by atoms with Crippen LogP contribution in [0.25, 0.3) is 0 Å². The van der Waals surface area contributed by atoms with Crippen LogP contribution in [0, 0.1) is 5.92 Å². The van der Waals surface area contributed by atoms with Crippen LogP contribution < -0.4 is 20.7 Å². The molecule has 0 bridgehead atoms. The van der Waals surface area contributed by atoms with E-state index in [-0.39, 0.29) is 36.0 Å². The first-order valence-electron chi connectivity index (χ1n) is 9.41. The van der Waals surface area contributed by atoms with Crippen LogP contribution in [0.5, 0.6) is 5.75 Å². The van der Waals surface area contributed by atoms with Crippen molar-refractivity contribution in [1.82, 2.24) is 10.6 Å². The second-order valence-corrected chi connectivity index (χ2v) is 6.59. The fourth-order valence-corrected chi connectivity index (χ4v) is 2.71. The molecule has 1 aromatic carbocycles. The molecule has 1 amide bonds. The van der Waals surface area contributed by atoms with E-state index in [9.17, 15) is 4.79 Å². The highest BCUT2D eigenvalue weighted by atomic mass is 127. The first-order chi connectivity index (χ1) is 12.9. The summed E-state index contributed by atoms with van der Waals surface area (Å²) in [6, 6.07) is 5.69. The summed E-state index contributed by atoms with van der Waals surface area (Å²) in [6.07, 6.45) is 1.16. The maximum Gasteiger partial charge on any atom is 0.221 e. The predicted octanol–water partition coefficient (Wildman–Crippen LogP) is 3.39. The third kappa shape index (κ3) is 9.59. The molecule has 0 saturated carbocycles. The van der Waals surface area contributed by atoms with Crippen LogP contribution in [-0.2, 0) is 16.1 Å². The van der Waals surface area contributed by atoms with Crippen molar-refractivity contribution in [3.05, 3.63) is 23.8 Å². The van der Waals surface area contributed by atoms with Gasteiger partial charge in [-0.25, -0.2) is 0 Å². The van der Waals surface area contributed by atoms with Gasteiger partial charge in [-0.2, -0.15) is 0 Å². The number of anilines is 1. The van der Waals surface area contributed by atoms with Gasteiger partial charge < -0.3 is 25.4 Å². The van der Waals surface area contributed by atoms with Crippen LogP contribution in [0.1, 0.15) is 39.7 Å². The number of methoxy groups -OCH3 is 1. The summed E-state index contributed by atoms with van der Waals surface area (Å²) in [5.41, 5.74) is 1.67. The number of nitrogens with zero attached hydrogens (tertiary/aromatic N) is 1. The summed E-state index contributed by atoms with van der Waals surface area (Å²) in [6.45, 7) is 9.92. The number of hydrogen-bond donors (Lipinski definition) is 3. The maximum atomic E-state index is 11.4. The second kappa shape index (κ2) is 14.4. The monoisotopic (exact) mass is 506 g/mol. The SMILES string of the molecule is CCOC(CCNC(=NC)NCc1ccc(OC)c(NC(C)=O)c1)C(C)C.I. The van der Waals surface area contributed by atoms with E-state index in [1.54, 1.807) is 14.2 Å². The fraction of sp³-hybridized carbons (Fsp3) is 0.600. The summed E-state index contributed by atoms with van der Waals surface area (Å²) < 4.78 is 11.0. The van der Waals surface area contributed by atoms with Gasteiger partial charge in [-0.1, -0.05) is 19.9 Å². The van der Waals surface area contributed by atoms with Crippen molar-refractivity contribution in [2.24, 2.45) is 10.9 Å². The molecular formula is C20H35IN4O3. The average molecular weight is 506 g/mol. The summed E-state index contributed by atoms with van der Waals surface area (Å²) in [4.78, 5) is 15.6. The minimum Gasteiger partial charge on any atom is -0.495 e. The first-order valence-corrected chi connectivity index (χ1v) is 9.41. The Morgan fingerprint density at radius 3 is 2.50 bits per heavy atom. The van der Waals surface area contributed by atoms with Gasteiger partial charge in [0.15, 0.2) is 5.96 Å². The molecule has 7 nitrogen and oxygen atoms in total. The zero-order valence-electron chi connectivity index (χ0n) is 17.8. The van der Waals surface area contributed by atoms with E-state index < -0.39 is 0 Å². The number of benzene rings is 1. The largest absolute Gasteiger partial charge is 0.495 e. The molecule has 0 aliphatic rings. The Hall–Kier alpha value is -1.55. The number of guanidine groups is 1. The Morgan fingerprint density at radius 1 is 1.25 bits per heavy atom. The number of amides is 1. The number of carbonyl (C=O) groups excluding carboxylic acids is 1. The standard InChI is InChI=1S/C20H34N4O3.HI/c1-7-27-18(14(2)3)10-11-22-20(21-5)23-13-16-8-9-19(26-6)17(12-16)24-15(4)25;/h8-9,12,14,18H,7,10-11,13H2,1-6H3,(H,24,25)(H2,21,22,23);1H. The quantitative estimate of drug-likeness (QED) is 0.258. The molecule has 0 heterocycles. The van der Waals surface area contributed by atoms with E-state index in [1.165, 1.54) is 6.92 Å². The topological polar surface area (TPSA) is 84.0 Å². The number of ether oxygens (including phenoxy) is 2. The van der Waals surface area contributed by atoms with Crippen LogP contribution in [0.3, 0.4) is 0 Å². The Bertz CT molecular complexity index is 623. The molecular weight excluding hydrogens is 471 g/mol. The molecule has 0 aromatic heterocycles. The molecule has 160 valence electrons. The van der Waals surface area contributed by atoms with Crippen LogP contribution in [-0.4, -0.2) is 45.3 Å². The van der Waals surface area contributed by atoms with Gasteiger partial charge in [-0.3, -0.25) is 9.79 Å². The Morgan fingerprint density at radius 2 is 1.96 bits per heavy atom. The Kier molecular flexibility index (Phi) is 13.6. The van der Waals surface area contributed by atoms with Gasteiger partial charge in [0.2, 0.25) is 5.91 Å². The fourth-order valence-electron chi connectivity index (χ4n) is 2.71. The molecule has 0 aliphatic heterocycles. The summed E-state index contributed by atoms with van der Waals surface area (Å²) >= 11 is 0. The first kappa shape index (κ1) is 26.4. The smallest absolute Gasteiger partial charge is 0.221 e. The van der Waals surface area contributed by atoms with E-state index >= 15 is 0 Å². The van der Waals surface area contributed by atoms with Crippen molar-refractivity contribution < 1.29 is 14.3 Å². The van der Waals surface area contributed by atoms with Gasteiger partial charge in [0.1, 0.15) is 5.75 Å². The lowest BCUT2D eigenvalue weighted by atomic mass is 10.0. The lowest BCUT2D eigenvalue weighted by molar-refractivity contribution is -0.114. The lowest BCUT2D eigenvalue weighted by Gasteiger charge is -2.21. The van der Waals surface area contributed by atoms with Crippen molar-refractivity contribution in [3.63, 3.8) is 0 Å². The number of carbonyl (C=O) groups is 1. The number of rotatable bonds is 10. The minimum atomic E-state index is -0.134. The van der Waals surface area contributed by atoms with Crippen molar-refractivity contribution in [3.8, 4) is 5.75 Å². The number of hydrogen-bond acceptors (Lipinski definition) is 4. The van der Waals surface area contributed by atoms with E-state index in [1.807, 2.05) is 25.1 Å². The summed E-state index contributed by atoms with van der Waals surface area (Å²) in [5, 5.41) is 9.38. The van der Waals surface area contributed by atoms with Gasteiger partial charge in [0.25, 0.3) is 0 Å². The average Bonchev–Trinajstić information content (AvgIpc) is 2.63. The molecule has 0 fully saturated rings. The number of nitrogens with one attached hydrogen (secondary N) is 3. The van der Waals surface area contributed by atoms with Gasteiger partial charge in [0.05, 0.1) is 18.9 Å². The van der Waals surface area contributed by atoms with Crippen molar-refractivity contribution in [2.75, 3.05) is 32.6 Å². The van der Waals surface area contributed by atoms with Gasteiger partial charge in [0, 0.05) is 33.7 Å².